The van der Waals surface area contributed by atoms with Crippen LogP contribution >= 0.6 is 11.8 Å². The van der Waals surface area contributed by atoms with Crippen molar-refractivity contribution < 1.29 is 29.2 Å². The Kier molecular flexibility index (Phi) is 9.77. The maximum absolute atomic E-state index is 11.9. The van der Waals surface area contributed by atoms with Gasteiger partial charge >= 0.3 is 6.09 Å². The molecule has 178 valence electrons. The summed E-state index contributed by atoms with van der Waals surface area (Å²) >= 11 is 1.64. The molecule has 2 aromatic rings. The normalized spacial score (nSPS) is 22.5. The number of rotatable bonds is 10. The quantitative estimate of drug-likeness (QED) is 0.347. The lowest BCUT2D eigenvalue weighted by atomic mass is 9.91. The SMILES string of the molecule is C=CCOC(=O)Nc1cccc([C@H]2O[C@@H](CSCCO)[C@@H](C)[C@@H](c3ccc(CO)cc3)O2)c1. The maximum Gasteiger partial charge on any atom is 0.411 e. The lowest BCUT2D eigenvalue weighted by Crippen LogP contribution is -2.38. The van der Waals surface area contributed by atoms with Gasteiger partial charge in [-0.25, -0.2) is 4.79 Å². The van der Waals surface area contributed by atoms with E-state index in [1.807, 2.05) is 36.4 Å². The molecule has 0 bridgehead atoms. The third kappa shape index (κ3) is 7.06. The van der Waals surface area contributed by atoms with Crippen LogP contribution in [0.4, 0.5) is 10.5 Å². The van der Waals surface area contributed by atoms with Gasteiger partial charge in [0.05, 0.1) is 25.4 Å². The average molecular weight is 474 g/mol. The third-order valence-corrected chi connectivity index (χ3v) is 6.41. The highest BCUT2D eigenvalue weighted by Gasteiger charge is 2.38. The molecule has 1 saturated heterocycles. The molecule has 0 saturated carbocycles. The molecule has 0 radical (unpaired) electrons. The minimum Gasteiger partial charge on any atom is -0.445 e. The van der Waals surface area contributed by atoms with Crippen molar-refractivity contribution in [2.75, 3.05) is 30.0 Å². The van der Waals surface area contributed by atoms with E-state index in [2.05, 4.69) is 18.8 Å². The first-order chi connectivity index (χ1) is 16.0. The Labute approximate surface area is 198 Å². The van der Waals surface area contributed by atoms with Crippen LogP contribution in [0.1, 0.15) is 36.0 Å². The molecular formula is C25H31NO6S. The van der Waals surface area contributed by atoms with Gasteiger partial charge in [0.2, 0.25) is 0 Å². The molecular weight excluding hydrogens is 442 g/mol. The van der Waals surface area contributed by atoms with Crippen LogP contribution in [0.3, 0.4) is 0 Å². The van der Waals surface area contributed by atoms with Crippen molar-refractivity contribution in [2.24, 2.45) is 5.92 Å². The van der Waals surface area contributed by atoms with Crippen molar-refractivity contribution in [3.8, 4) is 0 Å². The van der Waals surface area contributed by atoms with Gasteiger partial charge in [-0.2, -0.15) is 11.8 Å². The van der Waals surface area contributed by atoms with Crippen molar-refractivity contribution in [1.82, 2.24) is 0 Å². The molecule has 1 amide bonds. The fourth-order valence-corrected chi connectivity index (χ4v) is 4.54. The Morgan fingerprint density at radius 2 is 1.97 bits per heavy atom. The minimum atomic E-state index is -0.630. The Morgan fingerprint density at radius 3 is 2.67 bits per heavy atom. The van der Waals surface area contributed by atoms with E-state index < -0.39 is 12.4 Å². The number of hydrogen-bond acceptors (Lipinski definition) is 7. The van der Waals surface area contributed by atoms with Crippen LogP contribution in [0.25, 0.3) is 0 Å². The van der Waals surface area contributed by atoms with Crippen LogP contribution in [-0.2, 0) is 20.8 Å². The van der Waals surface area contributed by atoms with Crippen molar-refractivity contribution in [3.05, 3.63) is 77.9 Å². The van der Waals surface area contributed by atoms with Crippen LogP contribution < -0.4 is 5.32 Å². The number of carbonyl (C=O) groups excluding carboxylic acids is 1. The molecule has 1 heterocycles. The number of anilines is 1. The van der Waals surface area contributed by atoms with Crippen molar-refractivity contribution in [3.63, 3.8) is 0 Å². The fraction of sp³-hybridized carbons (Fsp3) is 0.400. The van der Waals surface area contributed by atoms with Crippen LogP contribution in [0, 0.1) is 5.92 Å². The zero-order valence-corrected chi connectivity index (χ0v) is 19.5. The predicted molar refractivity (Wildman–Crippen MR) is 129 cm³/mol. The summed E-state index contributed by atoms with van der Waals surface area (Å²) in [7, 11) is 0. The van der Waals surface area contributed by atoms with Gasteiger partial charge in [0.1, 0.15) is 6.61 Å². The van der Waals surface area contributed by atoms with E-state index in [4.69, 9.17) is 14.2 Å². The topological polar surface area (TPSA) is 97.3 Å². The number of aliphatic hydroxyl groups excluding tert-OH is 2. The largest absolute Gasteiger partial charge is 0.445 e. The van der Waals surface area contributed by atoms with Crippen LogP contribution in [-0.4, -0.2) is 47.1 Å². The molecule has 0 unspecified atom stereocenters. The summed E-state index contributed by atoms with van der Waals surface area (Å²) < 4.78 is 17.7. The molecule has 7 nitrogen and oxygen atoms in total. The highest BCUT2D eigenvalue weighted by atomic mass is 32.2. The maximum atomic E-state index is 11.9. The molecule has 2 aromatic carbocycles. The van der Waals surface area contributed by atoms with E-state index in [1.54, 1.807) is 23.9 Å². The number of hydrogen-bond donors (Lipinski definition) is 3. The highest BCUT2D eigenvalue weighted by molar-refractivity contribution is 7.99. The standard InChI is InChI=1S/C25H31NO6S/c1-3-12-30-25(29)26-21-6-4-5-20(14-21)24-31-22(16-33-13-11-27)17(2)23(32-24)19-9-7-18(15-28)8-10-19/h3-10,14,17,22-24,27-28H,1,11-13,15-16H2,2H3,(H,26,29)/t17-,22+,23+,24+/m1/s1. The Morgan fingerprint density at radius 1 is 1.18 bits per heavy atom. The van der Waals surface area contributed by atoms with Gasteiger partial charge in [-0.3, -0.25) is 5.32 Å². The molecule has 33 heavy (non-hydrogen) atoms. The predicted octanol–water partition coefficient (Wildman–Crippen LogP) is 4.43. The van der Waals surface area contributed by atoms with Crippen molar-refractivity contribution >= 4 is 23.5 Å². The molecule has 8 heteroatoms. The molecule has 1 aliphatic rings. The number of ether oxygens (including phenoxy) is 3. The third-order valence-electron chi connectivity index (χ3n) is 5.38. The summed E-state index contributed by atoms with van der Waals surface area (Å²) in [5.74, 6) is 1.43. The molecule has 4 atom stereocenters. The zero-order chi connectivity index (χ0) is 23.6. The van der Waals surface area contributed by atoms with Crippen molar-refractivity contribution in [1.29, 1.82) is 0 Å². The van der Waals surface area contributed by atoms with Gasteiger partial charge in [-0.05, 0) is 23.3 Å². The number of carbonyl (C=O) groups is 1. The van der Waals surface area contributed by atoms with Gasteiger partial charge in [0.15, 0.2) is 6.29 Å². The second-order valence-electron chi connectivity index (χ2n) is 7.76. The summed E-state index contributed by atoms with van der Waals surface area (Å²) in [6.45, 7) is 5.86. The highest BCUT2D eigenvalue weighted by Crippen LogP contribution is 2.42. The molecule has 1 fully saturated rings. The van der Waals surface area contributed by atoms with Gasteiger partial charge < -0.3 is 24.4 Å². The zero-order valence-electron chi connectivity index (χ0n) is 18.7. The lowest BCUT2D eigenvalue weighted by Gasteiger charge is -2.41. The van der Waals surface area contributed by atoms with E-state index in [-0.39, 0.29) is 37.9 Å². The van der Waals surface area contributed by atoms with Crippen LogP contribution in [0.15, 0.2) is 61.2 Å². The summed E-state index contributed by atoms with van der Waals surface area (Å²) in [4.78, 5) is 11.9. The molecule has 0 aromatic heterocycles. The number of nitrogens with one attached hydrogen (secondary N) is 1. The second-order valence-corrected chi connectivity index (χ2v) is 8.91. The smallest absolute Gasteiger partial charge is 0.411 e. The molecule has 1 aliphatic heterocycles. The van der Waals surface area contributed by atoms with Crippen LogP contribution in [0.5, 0.6) is 0 Å². The molecule has 0 spiro atoms. The van der Waals surface area contributed by atoms with E-state index in [0.29, 0.717) is 11.4 Å². The number of benzene rings is 2. The van der Waals surface area contributed by atoms with Gasteiger partial charge in [0.25, 0.3) is 0 Å². The summed E-state index contributed by atoms with van der Waals surface area (Å²) in [5, 5.41) is 21.2. The fourth-order valence-electron chi connectivity index (χ4n) is 3.63. The molecule has 3 N–H and O–H groups in total. The first kappa shape index (κ1) is 25.3. The molecule has 3 rings (SSSR count). The summed E-state index contributed by atoms with van der Waals surface area (Å²) in [6, 6.07) is 15.0. The number of aliphatic hydroxyl groups is 2. The van der Waals surface area contributed by atoms with E-state index in [0.717, 1.165) is 22.4 Å². The first-order valence-electron chi connectivity index (χ1n) is 10.9. The van der Waals surface area contributed by atoms with Gasteiger partial charge in [-0.1, -0.05) is 56.0 Å². The van der Waals surface area contributed by atoms with E-state index in [9.17, 15) is 15.0 Å². The molecule has 0 aliphatic carbocycles. The monoisotopic (exact) mass is 473 g/mol. The van der Waals surface area contributed by atoms with E-state index in [1.165, 1.54) is 6.08 Å². The summed E-state index contributed by atoms with van der Waals surface area (Å²) in [6.07, 6.45) is -0.00803. The first-order valence-corrected chi connectivity index (χ1v) is 12.0. The van der Waals surface area contributed by atoms with Gasteiger partial charge in [-0.15, -0.1) is 0 Å². The van der Waals surface area contributed by atoms with E-state index >= 15 is 0 Å². The summed E-state index contributed by atoms with van der Waals surface area (Å²) in [5.41, 5.74) is 3.19. The number of amides is 1. The van der Waals surface area contributed by atoms with Crippen LogP contribution in [0.2, 0.25) is 0 Å². The lowest BCUT2D eigenvalue weighted by molar-refractivity contribution is -0.268. The minimum absolute atomic E-state index is 0.0114. The van der Waals surface area contributed by atoms with Gasteiger partial charge in [0, 0.05) is 28.7 Å². The Balaban J connectivity index is 1.81. The number of thioether (sulfide) groups is 1. The average Bonchev–Trinajstić information content (AvgIpc) is 2.84. The Bertz CT molecular complexity index is 906. The Hall–Kier alpha value is -2.36. The van der Waals surface area contributed by atoms with Crippen molar-refractivity contribution in [2.45, 2.75) is 32.0 Å². The second kappa shape index (κ2) is 12.8.